The van der Waals surface area contributed by atoms with Gasteiger partial charge in [0.1, 0.15) is 17.3 Å². The van der Waals surface area contributed by atoms with Gasteiger partial charge in [-0.2, -0.15) is 0 Å². The maximum absolute atomic E-state index is 13.6. The van der Waals surface area contributed by atoms with Gasteiger partial charge in [0.05, 0.1) is 17.4 Å². The SMILES string of the molecule is Cc1ccc(NC2=C(c3ccc(F)cc3)C(=O)N(c3ccccc3OC(C)C)C2=O)cc1C. The van der Waals surface area contributed by atoms with Gasteiger partial charge in [-0.05, 0) is 80.8 Å². The summed E-state index contributed by atoms with van der Waals surface area (Å²) in [6, 6.07) is 18.2. The molecule has 0 spiro atoms. The van der Waals surface area contributed by atoms with Crippen LogP contribution in [0, 0.1) is 19.7 Å². The minimum Gasteiger partial charge on any atom is -0.489 e. The first-order valence-electron chi connectivity index (χ1n) is 10.7. The van der Waals surface area contributed by atoms with Gasteiger partial charge < -0.3 is 10.1 Å². The Balaban J connectivity index is 1.83. The van der Waals surface area contributed by atoms with Crippen LogP contribution >= 0.6 is 0 Å². The summed E-state index contributed by atoms with van der Waals surface area (Å²) >= 11 is 0. The number of carbonyl (C=O) groups excluding carboxylic acids is 2. The average molecular weight is 445 g/mol. The van der Waals surface area contributed by atoms with Crippen molar-refractivity contribution in [2.75, 3.05) is 10.2 Å². The van der Waals surface area contributed by atoms with Crippen LogP contribution in [0.4, 0.5) is 15.8 Å². The zero-order valence-electron chi connectivity index (χ0n) is 19.0. The van der Waals surface area contributed by atoms with Crippen LogP contribution in [0.15, 0.2) is 72.4 Å². The first kappa shape index (κ1) is 22.3. The monoisotopic (exact) mass is 444 g/mol. The quantitative estimate of drug-likeness (QED) is 0.501. The van der Waals surface area contributed by atoms with Crippen molar-refractivity contribution in [1.82, 2.24) is 0 Å². The van der Waals surface area contributed by atoms with Crippen molar-refractivity contribution in [2.24, 2.45) is 0 Å². The van der Waals surface area contributed by atoms with Crippen LogP contribution in [0.3, 0.4) is 0 Å². The van der Waals surface area contributed by atoms with Crippen LogP contribution in [0.25, 0.3) is 5.57 Å². The van der Waals surface area contributed by atoms with E-state index in [0.29, 0.717) is 22.7 Å². The molecule has 168 valence electrons. The smallest absolute Gasteiger partial charge is 0.282 e. The molecule has 0 saturated heterocycles. The maximum Gasteiger partial charge on any atom is 0.282 e. The van der Waals surface area contributed by atoms with Gasteiger partial charge in [-0.15, -0.1) is 0 Å². The van der Waals surface area contributed by atoms with Crippen LogP contribution in [0.2, 0.25) is 0 Å². The van der Waals surface area contributed by atoms with E-state index >= 15 is 0 Å². The molecule has 2 amide bonds. The molecule has 33 heavy (non-hydrogen) atoms. The topological polar surface area (TPSA) is 58.6 Å². The number of carbonyl (C=O) groups is 2. The molecule has 6 heteroatoms. The summed E-state index contributed by atoms with van der Waals surface area (Å²) in [6.07, 6.45) is -0.142. The van der Waals surface area contributed by atoms with E-state index in [4.69, 9.17) is 4.74 Å². The summed E-state index contributed by atoms with van der Waals surface area (Å²) in [4.78, 5) is 28.3. The average Bonchev–Trinajstić information content (AvgIpc) is 3.01. The predicted octanol–water partition coefficient (Wildman–Crippen LogP) is 5.63. The number of benzene rings is 3. The van der Waals surface area contributed by atoms with Crippen molar-refractivity contribution in [2.45, 2.75) is 33.8 Å². The van der Waals surface area contributed by atoms with Crippen molar-refractivity contribution >= 4 is 28.8 Å². The number of aryl methyl sites for hydroxylation is 2. The van der Waals surface area contributed by atoms with Gasteiger partial charge in [0.2, 0.25) is 0 Å². The fraction of sp³-hybridized carbons (Fsp3) is 0.185. The van der Waals surface area contributed by atoms with E-state index in [-0.39, 0.29) is 17.4 Å². The lowest BCUT2D eigenvalue weighted by Crippen LogP contribution is -2.33. The van der Waals surface area contributed by atoms with E-state index in [9.17, 15) is 14.0 Å². The molecule has 0 atom stereocenters. The van der Waals surface area contributed by atoms with Gasteiger partial charge in [0.15, 0.2) is 0 Å². The molecular weight excluding hydrogens is 419 g/mol. The molecule has 1 N–H and O–H groups in total. The summed E-state index contributed by atoms with van der Waals surface area (Å²) in [6.45, 7) is 7.72. The summed E-state index contributed by atoms with van der Waals surface area (Å²) in [5, 5.41) is 3.15. The zero-order chi connectivity index (χ0) is 23.7. The summed E-state index contributed by atoms with van der Waals surface area (Å²) in [5.74, 6) is -0.998. The standard InChI is InChI=1S/C27H25FN2O3/c1-16(2)33-23-8-6-5-7-22(23)30-26(31)24(19-10-12-20(28)13-11-19)25(27(30)32)29-21-14-9-17(3)18(4)15-21/h5-16,29H,1-4H3. The fourth-order valence-electron chi connectivity index (χ4n) is 3.71. The molecule has 0 saturated carbocycles. The molecular formula is C27H25FN2O3. The number of nitrogens with zero attached hydrogens (tertiary/aromatic N) is 1. The highest BCUT2D eigenvalue weighted by molar-refractivity contribution is 6.46. The minimum atomic E-state index is -0.502. The second-order valence-electron chi connectivity index (χ2n) is 8.26. The third kappa shape index (κ3) is 4.37. The van der Waals surface area contributed by atoms with E-state index in [1.807, 2.05) is 45.9 Å². The lowest BCUT2D eigenvalue weighted by molar-refractivity contribution is -0.120. The highest BCUT2D eigenvalue weighted by Crippen LogP contribution is 2.38. The number of halogens is 1. The number of anilines is 2. The lowest BCUT2D eigenvalue weighted by Gasteiger charge is -2.20. The summed E-state index contributed by atoms with van der Waals surface area (Å²) in [7, 11) is 0. The van der Waals surface area contributed by atoms with E-state index in [1.54, 1.807) is 24.3 Å². The number of rotatable bonds is 6. The predicted molar refractivity (Wildman–Crippen MR) is 128 cm³/mol. The Morgan fingerprint density at radius 1 is 0.879 bits per heavy atom. The van der Waals surface area contributed by atoms with E-state index in [2.05, 4.69) is 5.32 Å². The Labute approximate surface area is 192 Å². The molecule has 0 radical (unpaired) electrons. The van der Waals surface area contributed by atoms with E-state index in [0.717, 1.165) is 16.0 Å². The van der Waals surface area contributed by atoms with Crippen molar-refractivity contribution in [3.63, 3.8) is 0 Å². The molecule has 3 aromatic rings. The first-order valence-corrected chi connectivity index (χ1v) is 10.7. The zero-order valence-corrected chi connectivity index (χ0v) is 19.0. The highest BCUT2D eigenvalue weighted by atomic mass is 19.1. The van der Waals surface area contributed by atoms with Crippen molar-refractivity contribution in [3.8, 4) is 5.75 Å². The van der Waals surface area contributed by atoms with Gasteiger partial charge in [0, 0.05) is 5.69 Å². The van der Waals surface area contributed by atoms with Crippen molar-refractivity contribution in [3.05, 3.63) is 94.9 Å². The molecule has 0 unspecified atom stereocenters. The number of hydrogen-bond donors (Lipinski definition) is 1. The second kappa shape index (κ2) is 8.90. The van der Waals surface area contributed by atoms with Crippen LogP contribution in [-0.2, 0) is 9.59 Å². The molecule has 4 rings (SSSR count). The van der Waals surface area contributed by atoms with Crippen LogP contribution in [0.1, 0.15) is 30.5 Å². The third-order valence-electron chi connectivity index (χ3n) is 5.46. The van der Waals surface area contributed by atoms with Crippen LogP contribution in [-0.4, -0.2) is 17.9 Å². The molecule has 0 fully saturated rings. The minimum absolute atomic E-state index is 0.134. The Bertz CT molecular complexity index is 1260. The molecule has 0 aromatic heterocycles. The van der Waals surface area contributed by atoms with Crippen LogP contribution < -0.4 is 15.0 Å². The normalized spacial score (nSPS) is 13.8. The number of ether oxygens (including phenoxy) is 1. The number of imide groups is 1. The van der Waals surface area contributed by atoms with Gasteiger partial charge in [-0.25, -0.2) is 9.29 Å². The maximum atomic E-state index is 13.6. The molecule has 3 aromatic carbocycles. The Kier molecular flexibility index (Phi) is 6.01. The molecule has 1 aliphatic heterocycles. The lowest BCUT2D eigenvalue weighted by atomic mass is 10.0. The van der Waals surface area contributed by atoms with Crippen molar-refractivity contribution < 1.29 is 18.7 Å². The van der Waals surface area contributed by atoms with Gasteiger partial charge in [0.25, 0.3) is 11.8 Å². The number of nitrogens with one attached hydrogen (secondary N) is 1. The largest absolute Gasteiger partial charge is 0.489 e. The first-order chi connectivity index (χ1) is 15.8. The van der Waals surface area contributed by atoms with Crippen LogP contribution in [0.5, 0.6) is 5.75 Å². The van der Waals surface area contributed by atoms with Gasteiger partial charge >= 0.3 is 0 Å². The Morgan fingerprint density at radius 3 is 2.24 bits per heavy atom. The molecule has 1 heterocycles. The van der Waals surface area contributed by atoms with E-state index < -0.39 is 17.6 Å². The Morgan fingerprint density at radius 2 is 1.58 bits per heavy atom. The molecule has 5 nitrogen and oxygen atoms in total. The number of amides is 2. The molecule has 1 aliphatic rings. The van der Waals surface area contributed by atoms with Crippen molar-refractivity contribution in [1.29, 1.82) is 0 Å². The summed E-state index contributed by atoms with van der Waals surface area (Å²) in [5.41, 5.74) is 3.97. The molecule has 0 aliphatic carbocycles. The third-order valence-corrected chi connectivity index (χ3v) is 5.46. The van der Waals surface area contributed by atoms with Gasteiger partial charge in [-0.3, -0.25) is 9.59 Å². The Hall–Kier alpha value is -3.93. The van der Waals surface area contributed by atoms with Gasteiger partial charge in [-0.1, -0.05) is 30.3 Å². The highest BCUT2D eigenvalue weighted by Gasteiger charge is 2.41. The number of hydrogen-bond acceptors (Lipinski definition) is 4. The summed E-state index contributed by atoms with van der Waals surface area (Å²) < 4.78 is 19.4. The van der Waals surface area contributed by atoms with E-state index in [1.165, 1.54) is 24.3 Å². The second-order valence-corrected chi connectivity index (χ2v) is 8.26. The molecule has 0 bridgehead atoms. The fourth-order valence-corrected chi connectivity index (χ4v) is 3.71. The number of para-hydroxylation sites is 2.